The van der Waals surface area contributed by atoms with E-state index in [9.17, 15) is 9.59 Å². The van der Waals surface area contributed by atoms with Crippen LogP contribution in [0, 0.1) is 12.8 Å². The van der Waals surface area contributed by atoms with E-state index in [4.69, 9.17) is 0 Å². The summed E-state index contributed by atoms with van der Waals surface area (Å²) in [5.74, 6) is 0.710. The van der Waals surface area contributed by atoms with E-state index in [0.29, 0.717) is 18.9 Å². The maximum Gasteiger partial charge on any atom is 0.238 e. The zero-order chi connectivity index (χ0) is 19.8. The fraction of sp³-hybridized carbons (Fsp3) is 0.636. The van der Waals surface area contributed by atoms with Gasteiger partial charge >= 0.3 is 0 Å². The summed E-state index contributed by atoms with van der Waals surface area (Å²) in [5, 5.41) is 9.36. The Morgan fingerprint density at radius 3 is 2.57 bits per heavy atom. The molecule has 0 radical (unpaired) electrons. The van der Waals surface area contributed by atoms with Crippen molar-refractivity contribution in [1.29, 1.82) is 0 Å². The van der Waals surface area contributed by atoms with E-state index in [0.717, 1.165) is 62.4 Å². The van der Waals surface area contributed by atoms with Crippen LogP contribution in [0.15, 0.2) is 18.2 Å². The summed E-state index contributed by atoms with van der Waals surface area (Å²) in [4.78, 5) is 26.9. The molecule has 0 unspecified atom stereocenters. The highest BCUT2D eigenvalue weighted by atomic mass is 16.2. The Bertz CT molecular complexity index is 665. The molecule has 28 heavy (non-hydrogen) atoms. The second kappa shape index (κ2) is 10.6. The average Bonchev–Trinajstić information content (AvgIpc) is 2.70. The van der Waals surface area contributed by atoms with Crippen molar-refractivity contribution in [2.45, 2.75) is 51.9 Å². The van der Waals surface area contributed by atoms with Crippen LogP contribution in [0.1, 0.15) is 50.5 Å². The number of rotatable bonds is 7. The number of hydrogen-bond acceptors (Lipinski definition) is 4. The third kappa shape index (κ3) is 6.60. The molecule has 3 rings (SSSR count). The number of nitrogens with zero attached hydrogens (tertiary/aromatic N) is 1. The second-order valence-electron chi connectivity index (χ2n) is 8.19. The predicted molar refractivity (Wildman–Crippen MR) is 114 cm³/mol. The van der Waals surface area contributed by atoms with E-state index in [2.05, 4.69) is 20.9 Å². The molecule has 6 heteroatoms. The number of hydrogen-bond donors (Lipinski definition) is 3. The Balaban J connectivity index is 1.48. The molecule has 0 aromatic heterocycles. The molecule has 2 saturated heterocycles. The van der Waals surface area contributed by atoms with Crippen LogP contribution < -0.4 is 16.0 Å². The molecule has 2 aliphatic rings. The highest BCUT2D eigenvalue weighted by Gasteiger charge is 2.16. The van der Waals surface area contributed by atoms with Crippen LogP contribution in [0.25, 0.3) is 0 Å². The SMILES string of the molecule is Cc1ccc(NC(=O)CCC2CCNCC2)cc1NC(=O)CN1CCCCC1. The first kappa shape index (κ1) is 20.8. The van der Waals surface area contributed by atoms with Gasteiger partial charge in [-0.3, -0.25) is 14.5 Å². The van der Waals surface area contributed by atoms with Crippen molar-refractivity contribution in [3.63, 3.8) is 0 Å². The van der Waals surface area contributed by atoms with Crippen LogP contribution in [0.3, 0.4) is 0 Å². The number of benzene rings is 1. The number of nitrogens with one attached hydrogen (secondary N) is 3. The van der Waals surface area contributed by atoms with Gasteiger partial charge in [-0.2, -0.15) is 0 Å². The van der Waals surface area contributed by atoms with Gasteiger partial charge in [-0.25, -0.2) is 0 Å². The van der Waals surface area contributed by atoms with Crippen molar-refractivity contribution >= 4 is 23.2 Å². The molecule has 2 heterocycles. The molecule has 0 saturated carbocycles. The number of carbonyl (C=O) groups excluding carboxylic acids is 2. The molecule has 154 valence electrons. The number of anilines is 2. The largest absolute Gasteiger partial charge is 0.326 e. The van der Waals surface area contributed by atoms with Crippen LogP contribution in [-0.2, 0) is 9.59 Å². The van der Waals surface area contributed by atoms with Crippen molar-refractivity contribution in [3.8, 4) is 0 Å². The van der Waals surface area contributed by atoms with E-state index in [1.807, 2.05) is 25.1 Å². The van der Waals surface area contributed by atoms with E-state index < -0.39 is 0 Å². The van der Waals surface area contributed by atoms with Gasteiger partial charge in [-0.05, 0) is 88.8 Å². The Labute approximate surface area is 168 Å². The van der Waals surface area contributed by atoms with Crippen molar-refractivity contribution in [1.82, 2.24) is 10.2 Å². The number of amides is 2. The minimum atomic E-state index is 0.0133. The first-order valence-electron chi connectivity index (χ1n) is 10.7. The predicted octanol–water partition coefficient (Wildman–Crippen LogP) is 3.14. The van der Waals surface area contributed by atoms with E-state index in [1.165, 1.54) is 19.3 Å². The summed E-state index contributed by atoms with van der Waals surface area (Å²) in [6.07, 6.45) is 7.41. The van der Waals surface area contributed by atoms with Crippen molar-refractivity contribution < 1.29 is 9.59 Å². The average molecular weight is 387 g/mol. The summed E-state index contributed by atoms with van der Waals surface area (Å²) >= 11 is 0. The summed E-state index contributed by atoms with van der Waals surface area (Å²) < 4.78 is 0. The van der Waals surface area contributed by atoms with Gasteiger partial charge in [-0.1, -0.05) is 12.5 Å². The van der Waals surface area contributed by atoms with E-state index >= 15 is 0 Å². The topological polar surface area (TPSA) is 73.5 Å². The molecule has 1 aromatic rings. The summed E-state index contributed by atoms with van der Waals surface area (Å²) in [5.41, 5.74) is 2.52. The number of carbonyl (C=O) groups is 2. The Kier molecular flexibility index (Phi) is 7.86. The van der Waals surface area contributed by atoms with Crippen LogP contribution in [-0.4, -0.2) is 49.4 Å². The highest BCUT2D eigenvalue weighted by molar-refractivity contribution is 5.95. The lowest BCUT2D eigenvalue weighted by atomic mass is 9.93. The summed E-state index contributed by atoms with van der Waals surface area (Å²) in [6.45, 7) is 6.53. The molecule has 2 fully saturated rings. The molecule has 3 N–H and O–H groups in total. The van der Waals surface area contributed by atoms with Gasteiger partial charge in [0.15, 0.2) is 0 Å². The van der Waals surface area contributed by atoms with Gasteiger partial charge in [0.05, 0.1) is 6.54 Å². The van der Waals surface area contributed by atoms with Crippen molar-refractivity contribution in [2.75, 3.05) is 43.4 Å². The van der Waals surface area contributed by atoms with Crippen LogP contribution >= 0.6 is 0 Å². The van der Waals surface area contributed by atoms with Crippen molar-refractivity contribution in [2.24, 2.45) is 5.92 Å². The standard InChI is InChI=1S/C22H34N4O2/c1-17-5-7-19(24-21(27)8-6-18-9-11-23-12-10-18)15-20(17)25-22(28)16-26-13-3-2-4-14-26/h5,7,15,18,23H,2-4,6,8-14,16H2,1H3,(H,24,27)(H,25,28). The first-order valence-corrected chi connectivity index (χ1v) is 10.7. The molecule has 0 spiro atoms. The molecule has 1 aromatic carbocycles. The van der Waals surface area contributed by atoms with Crippen LogP contribution in [0.5, 0.6) is 0 Å². The van der Waals surface area contributed by atoms with E-state index in [1.54, 1.807) is 0 Å². The first-order chi connectivity index (χ1) is 13.6. The van der Waals surface area contributed by atoms with Crippen molar-refractivity contribution in [3.05, 3.63) is 23.8 Å². The normalized spacial score (nSPS) is 18.6. The minimum absolute atomic E-state index is 0.0133. The second-order valence-corrected chi connectivity index (χ2v) is 8.19. The van der Waals surface area contributed by atoms with Gasteiger partial charge in [0, 0.05) is 17.8 Å². The Morgan fingerprint density at radius 1 is 1.07 bits per heavy atom. The zero-order valence-corrected chi connectivity index (χ0v) is 17.1. The molecule has 2 aliphatic heterocycles. The van der Waals surface area contributed by atoms with Gasteiger partial charge in [-0.15, -0.1) is 0 Å². The molecular formula is C22H34N4O2. The Hall–Kier alpha value is -1.92. The van der Waals surface area contributed by atoms with Gasteiger partial charge in [0.2, 0.25) is 11.8 Å². The summed E-state index contributed by atoms with van der Waals surface area (Å²) in [7, 11) is 0. The smallest absolute Gasteiger partial charge is 0.238 e. The minimum Gasteiger partial charge on any atom is -0.326 e. The lowest BCUT2D eigenvalue weighted by Gasteiger charge is -2.25. The number of aryl methyl sites for hydroxylation is 1. The fourth-order valence-corrected chi connectivity index (χ4v) is 4.07. The third-order valence-electron chi connectivity index (χ3n) is 5.85. The fourth-order valence-electron chi connectivity index (χ4n) is 4.07. The summed E-state index contributed by atoms with van der Waals surface area (Å²) in [6, 6.07) is 5.71. The van der Waals surface area contributed by atoms with E-state index in [-0.39, 0.29) is 11.8 Å². The van der Waals surface area contributed by atoms with Gasteiger partial charge in [0.25, 0.3) is 0 Å². The quantitative estimate of drug-likeness (QED) is 0.673. The third-order valence-corrected chi connectivity index (χ3v) is 5.85. The molecule has 0 bridgehead atoms. The molecule has 0 aliphatic carbocycles. The molecule has 2 amide bonds. The number of likely N-dealkylation sites (tertiary alicyclic amines) is 1. The van der Waals surface area contributed by atoms with Crippen LogP contribution in [0.4, 0.5) is 11.4 Å². The lowest BCUT2D eigenvalue weighted by molar-refractivity contribution is -0.117. The van der Waals surface area contributed by atoms with Gasteiger partial charge < -0.3 is 16.0 Å². The molecular weight excluding hydrogens is 352 g/mol. The molecule has 0 atom stereocenters. The maximum absolute atomic E-state index is 12.4. The maximum atomic E-state index is 12.4. The van der Waals surface area contributed by atoms with Gasteiger partial charge in [0.1, 0.15) is 0 Å². The number of piperidine rings is 2. The zero-order valence-electron chi connectivity index (χ0n) is 17.1. The lowest BCUT2D eigenvalue weighted by Crippen LogP contribution is -2.36. The molecule has 6 nitrogen and oxygen atoms in total. The highest BCUT2D eigenvalue weighted by Crippen LogP contribution is 2.22. The Morgan fingerprint density at radius 2 is 1.82 bits per heavy atom. The van der Waals surface area contributed by atoms with Crippen LogP contribution in [0.2, 0.25) is 0 Å². The monoisotopic (exact) mass is 386 g/mol.